The van der Waals surface area contributed by atoms with Crippen molar-refractivity contribution in [3.63, 3.8) is 0 Å². The van der Waals surface area contributed by atoms with E-state index in [4.69, 9.17) is 16.3 Å². The first-order valence-corrected chi connectivity index (χ1v) is 7.83. The lowest BCUT2D eigenvalue weighted by Gasteiger charge is -2.21. The Morgan fingerprint density at radius 2 is 1.83 bits per heavy atom. The van der Waals surface area contributed by atoms with E-state index < -0.39 is 0 Å². The van der Waals surface area contributed by atoms with Crippen LogP contribution in [0.3, 0.4) is 0 Å². The van der Waals surface area contributed by atoms with Gasteiger partial charge in [-0.3, -0.25) is 10.3 Å². The molecule has 7 heteroatoms. The molecule has 0 atom stereocenters. The van der Waals surface area contributed by atoms with Crippen LogP contribution < -0.4 is 20.3 Å². The fourth-order valence-electron chi connectivity index (χ4n) is 2.36. The van der Waals surface area contributed by atoms with Crippen LogP contribution in [0.4, 0.5) is 16.2 Å². The van der Waals surface area contributed by atoms with Gasteiger partial charge in [-0.15, -0.1) is 0 Å². The topological polar surface area (TPSA) is 66.0 Å². The first kappa shape index (κ1) is 16.1. The van der Waals surface area contributed by atoms with E-state index in [9.17, 15) is 4.79 Å². The summed E-state index contributed by atoms with van der Waals surface area (Å²) in [6.07, 6.45) is 0. The molecule has 24 heavy (non-hydrogen) atoms. The van der Waals surface area contributed by atoms with Crippen LogP contribution >= 0.6 is 11.6 Å². The number of carbonyl (C=O) groups is 1. The maximum absolute atomic E-state index is 12.1. The lowest BCUT2D eigenvalue weighted by atomic mass is 10.3. The van der Waals surface area contributed by atoms with E-state index in [1.807, 2.05) is 29.2 Å². The number of urea groups is 1. The van der Waals surface area contributed by atoms with E-state index in [-0.39, 0.29) is 6.03 Å². The van der Waals surface area contributed by atoms with E-state index in [1.165, 1.54) is 0 Å². The Bertz CT molecular complexity index is 744. The molecular formula is C17H17ClN4O2. The number of hydrogen-bond acceptors (Lipinski definition) is 4. The van der Waals surface area contributed by atoms with Gasteiger partial charge in [0.2, 0.25) is 5.96 Å². The molecule has 3 rings (SSSR count). The van der Waals surface area contributed by atoms with Crippen molar-refractivity contribution in [3.05, 3.63) is 53.6 Å². The predicted octanol–water partition coefficient (Wildman–Crippen LogP) is 3.35. The van der Waals surface area contributed by atoms with E-state index in [1.54, 1.807) is 31.4 Å². The van der Waals surface area contributed by atoms with Gasteiger partial charge >= 0.3 is 6.03 Å². The maximum Gasteiger partial charge on any atom is 0.326 e. The summed E-state index contributed by atoms with van der Waals surface area (Å²) in [5, 5.41) is 6.15. The van der Waals surface area contributed by atoms with Crippen molar-refractivity contribution in [1.82, 2.24) is 5.32 Å². The average Bonchev–Trinajstić information content (AvgIpc) is 3.05. The summed E-state index contributed by atoms with van der Waals surface area (Å²) < 4.78 is 5.16. The van der Waals surface area contributed by atoms with Crippen LogP contribution in [0.25, 0.3) is 0 Å². The van der Waals surface area contributed by atoms with Crippen LogP contribution in [0.5, 0.6) is 5.75 Å². The highest BCUT2D eigenvalue weighted by Crippen LogP contribution is 2.21. The lowest BCUT2D eigenvalue weighted by molar-refractivity contribution is 0.256. The van der Waals surface area contributed by atoms with Gasteiger partial charge in [0.05, 0.1) is 13.7 Å². The monoisotopic (exact) mass is 344 g/mol. The fourth-order valence-corrected chi connectivity index (χ4v) is 2.49. The van der Waals surface area contributed by atoms with Gasteiger partial charge in [0.1, 0.15) is 5.75 Å². The summed E-state index contributed by atoms with van der Waals surface area (Å²) >= 11 is 5.83. The third kappa shape index (κ3) is 3.78. The summed E-state index contributed by atoms with van der Waals surface area (Å²) in [7, 11) is 1.63. The van der Waals surface area contributed by atoms with Gasteiger partial charge in [-0.25, -0.2) is 4.79 Å². The fraction of sp³-hybridized carbons (Fsp3) is 0.176. The van der Waals surface area contributed by atoms with Crippen molar-refractivity contribution in [1.29, 1.82) is 0 Å². The van der Waals surface area contributed by atoms with Crippen LogP contribution in [0, 0.1) is 0 Å². The van der Waals surface area contributed by atoms with Crippen molar-refractivity contribution in [2.45, 2.75) is 0 Å². The van der Waals surface area contributed by atoms with Crippen molar-refractivity contribution in [2.75, 3.05) is 30.4 Å². The normalized spacial score (nSPS) is 13.4. The zero-order valence-electron chi connectivity index (χ0n) is 13.1. The summed E-state index contributed by atoms with van der Waals surface area (Å²) in [6.45, 7) is 1.34. The van der Waals surface area contributed by atoms with Gasteiger partial charge in [0.25, 0.3) is 0 Å². The second-order valence-electron chi connectivity index (χ2n) is 5.14. The van der Waals surface area contributed by atoms with E-state index >= 15 is 0 Å². The van der Waals surface area contributed by atoms with Gasteiger partial charge in [-0.05, 0) is 48.5 Å². The van der Waals surface area contributed by atoms with Gasteiger partial charge in [0.15, 0.2) is 0 Å². The number of nitrogens with zero attached hydrogens (tertiary/aromatic N) is 2. The van der Waals surface area contributed by atoms with Gasteiger partial charge in [-0.2, -0.15) is 0 Å². The highest BCUT2D eigenvalue weighted by Gasteiger charge is 2.20. The standard InChI is InChI=1S/C17H17ClN4O2/c1-24-15-8-6-14(7-9-15)22-11-10-19-16(22)21-17(23)20-13-4-2-12(18)3-5-13/h2-9H,10-11H2,1H3,(H2,19,20,21,23). The first-order chi connectivity index (χ1) is 11.7. The smallest absolute Gasteiger partial charge is 0.326 e. The molecule has 0 fully saturated rings. The van der Waals surface area contributed by atoms with Gasteiger partial charge in [-0.1, -0.05) is 11.6 Å². The molecule has 0 aliphatic carbocycles. The zero-order chi connectivity index (χ0) is 16.9. The quantitative estimate of drug-likeness (QED) is 0.897. The predicted molar refractivity (Wildman–Crippen MR) is 96.2 cm³/mol. The Balaban J connectivity index is 1.64. The number of anilines is 2. The number of halogens is 1. The summed E-state index contributed by atoms with van der Waals surface area (Å²) in [5.41, 5.74) is 1.60. The molecule has 2 aromatic rings. The number of amides is 2. The number of rotatable bonds is 3. The third-order valence-electron chi connectivity index (χ3n) is 3.55. The van der Waals surface area contributed by atoms with E-state index in [2.05, 4.69) is 15.6 Å². The molecule has 0 unspecified atom stereocenters. The third-order valence-corrected chi connectivity index (χ3v) is 3.80. The minimum atomic E-state index is -0.350. The number of carbonyl (C=O) groups excluding carboxylic acids is 1. The molecule has 0 aromatic heterocycles. The number of nitrogens with one attached hydrogen (secondary N) is 2. The molecule has 0 saturated carbocycles. The van der Waals surface area contributed by atoms with Crippen molar-refractivity contribution in [3.8, 4) is 5.75 Å². The Morgan fingerprint density at radius 3 is 2.50 bits per heavy atom. The molecule has 2 aromatic carbocycles. The lowest BCUT2D eigenvalue weighted by Crippen LogP contribution is -2.43. The molecule has 0 bridgehead atoms. The number of ether oxygens (including phenoxy) is 1. The highest BCUT2D eigenvalue weighted by atomic mass is 35.5. The molecule has 6 nitrogen and oxygen atoms in total. The first-order valence-electron chi connectivity index (χ1n) is 7.45. The highest BCUT2D eigenvalue weighted by molar-refractivity contribution is 6.30. The average molecular weight is 345 g/mol. The van der Waals surface area contributed by atoms with Crippen molar-refractivity contribution < 1.29 is 9.53 Å². The summed E-state index contributed by atoms with van der Waals surface area (Å²) in [6, 6.07) is 14.2. The Morgan fingerprint density at radius 1 is 1.12 bits per heavy atom. The molecule has 2 amide bonds. The minimum absolute atomic E-state index is 0.350. The van der Waals surface area contributed by atoms with Gasteiger partial charge in [0, 0.05) is 22.9 Å². The molecule has 1 heterocycles. The van der Waals surface area contributed by atoms with Crippen LogP contribution in [0.15, 0.2) is 53.5 Å². The number of guanidine groups is 1. The molecule has 1 aliphatic rings. The molecule has 124 valence electrons. The van der Waals surface area contributed by atoms with Crippen molar-refractivity contribution in [2.24, 2.45) is 4.99 Å². The minimum Gasteiger partial charge on any atom is -0.497 e. The maximum atomic E-state index is 12.1. The van der Waals surface area contributed by atoms with E-state index in [0.717, 1.165) is 11.4 Å². The second kappa shape index (κ2) is 7.23. The number of hydrogen-bond donors (Lipinski definition) is 2. The Kier molecular flexibility index (Phi) is 4.86. The van der Waals surface area contributed by atoms with Crippen molar-refractivity contribution >= 4 is 35.0 Å². The van der Waals surface area contributed by atoms with Crippen LogP contribution in [0.2, 0.25) is 5.02 Å². The molecular weight excluding hydrogens is 328 g/mol. The molecule has 0 saturated heterocycles. The van der Waals surface area contributed by atoms with Crippen LogP contribution in [-0.2, 0) is 0 Å². The van der Waals surface area contributed by atoms with Crippen LogP contribution in [-0.4, -0.2) is 32.2 Å². The molecule has 0 spiro atoms. The zero-order valence-corrected chi connectivity index (χ0v) is 13.9. The molecule has 0 radical (unpaired) electrons. The second-order valence-corrected chi connectivity index (χ2v) is 5.58. The summed E-state index contributed by atoms with van der Waals surface area (Å²) in [5.74, 6) is 1.30. The Hall–Kier alpha value is -2.73. The number of methoxy groups -OCH3 is 1. The largest absolute Gasteiger partial charge is 0.497 e. The van der Waals surface area contributed by atoms with E-state index in [0.29, 0.717) is 29.8 Å². The van der Waals surface area contributed by atoms with Crippen LogP contribution in [0.1, 0.15) is 0 Å². The SMILES string of the molecule is COc1ccc(N2CCN=C2NC(=O)Nc2ccc(Cl)cc2)cc1. The van der Waals surface area contributed by atoms with Gasteiger partial charge < -0.3 is 15.0 Å². The Labute approximate surface area is 145 Å². The number of benzene rings is 2. The molecule has 2 N–H and O–H groups in total. The molecule has 1 aliphatic heterocycles. The number of aliphatic imine (C=N–C) groups is 1. The summed E-state index contributed by atoms with van der Waals surface area (Å²) in [4.78, 5) is 18.4.